The number of hydrogen-bond acceptors (Lipinski definition) is 4. The number of unbranched alkanes of at least 4 members (excludes halogenated alkanes) is 6. The summed E-state index contributed by atoms with van der Waals surface area (Å²) in [6, 6.07) is 6.69. The van der Waals surface area contributed by atoms with Crippen LogP contribution in [0.1, 0.15) is 62.2 Å². The molecule has 6 heteroatoms. The van der Waals surface area contributed by atoms with Gasteiger partial charge in [0.25, 0.3) is 5.91 Å². The van der Waals surface area contributed by atoms with Gasteiger partial charge in [-0.05, 0) is 18.6 Å². The molecule has 1 aromatic heterocycles. The van der Waals surface area contributed by atoms with Crippen LogP contribution in [0.2, 0.25) is 0 Å². The van der Waals surface area contributed by atoms with Crippen LogP contribution in [-0.2, 0) is 6.54 Å². The van der Waals surface area contributed by atoms with Gasteiger partial charge in [0.05, 0.1) is 5.69 Å². The third-order valence-electron chi connectivity index (χ3n) is 4.32. The molecule has 1 amide bonds. The quantitative estimate of drug-likeness (QED) is 0.571. The van der Waals surface area contributed by atoms with Crippen molar-refractivity contribution < 1.29 is 9.90 Å². The lowest BCUT2D eigenvalue weighted by atomic mass is 10.1. The van der Waals surface area contributed by atoms with E-state index in [9.17, 15) is 9.90 Å². The Morgan fingerprint density at radius 3 is 2.48 bits per heavy atom. The average molecular weight is 344 g/mol. The molecule has 0 spiro atoms. The SMILES string of the molecule is CCCCCCCCCn1nc(N)c(C(N)=O)c1-c1cccc(O)c1. The van der Waals surface area contributed by atoms with E-state index in [-0.39, 0.29) is 17.1 Å². The first kappa shape index (κ1) is 18.8. The Morgan fingerprint density at radius 2 is 1.84 bits per heavy atom. The summed E-state index contributed by atoms with van der Waals surface area (Å²) in [5.41, 5.74) is 12.9. The summed E-state index contributed by atoms with van der Waals surface area (Å²) >= 11 is 0. The smallest absolute Gasteiger partial charge is 0.254 e. The van der Waals surface area contributed by atoms with Crippen molar-refractivity contribution in [3.8, 4) is 17.0 Å². The van der Waals surface area contributed by atoms with E-state index in [1.807, 2.05) is 6.07 Å². The molecule has 5 N–H and O–H groups in total. The van der Waals surface area contributed by atoms with E-state index in [0.29, 0.717) is 17.8 Å². The molecule has 0 fully saturated rings. The first-order valence-electron chi connectivity index (χ1n) is 9.00. The molecule has 136 valence electrons. The number of amides is 1. The number of hydrogen-bond donors (Lipinski definition) is 3. The van der Waals surface area contributed by atoms with Gasteiger partial charge in [0.15, 0.2) is 5.82 Å². The fourth-order valence-electron chi connectivity index (χ4n) is 3.05. The lowest BCUT2D eigenvalue weighted by Crippen LogP contribution is -2.14. The molecule has 0 saturated heterocycles. The molecule has 0 aliphatic rings. The molecule has 25 heavy (non-hydrogen) atoms. The second kappa shape index (κ2) is 9.11. The van der Waals surface area contributed by atoms with Gasteiger partial charge in [0.2, 0.25) is 0 Å². The monoisotopic (exact) mass is 344 g/mol. The number of aromatic nitrogens is 2. The molecule has 0 saturated carbocycles. The number of phenolic OH excluding ortho intramolecular Hbond substituents is 1. The summed E-state index contributed by atoms with van der Waals surface area (Å²) in [6.07, 6.45) is 8.33. The highest BCUT2D eigenvalue weighted by molar-refractivity contribution is 6.03. The molecule has 2 rings (SSSR count). The second-order valence-corrected chi connectivity index (χ2v) is 6.37. The van der Waals surface area contributed by atoms with Crippen molar-refractivity contribution in [2.24, 2.45) is 5.73 Å². The minimum atomic E-state index is -0.610. The number of rotatable bonds is 10. The summed E-state index contributed by atoms with van der Waals surface area (Å²) in [5.74, 6) is -0.356. The maximum Gasteiger partial charge on any atom is 0.254 e. The number of carbonyl (C=O) groups excluding carboxylic acids is 1. The molecule has 0 unspecified atom stereocenters. The van der Waals surface area contributed by atoms with Crippen LogP contribution >= 0.6 is 0 Å². The second-order valence-electron chi connectivity index (χ2n) is 6.37. The minimum absolute atomic E-state index is 0.121. The minimum Gasteiger partial charge on any atom is -0.508 e. The Hall–Kier alpha value is -2.50. The van der Waals surface area contributed by atoms with E-state index >= 15 is 0 Å². The first-order valence-corrected chi connectivity index (χ1v) is 9.00. The summed E-state index contributed by atoms with van der Waals surface area (Å²) < 4.78 is 1.73. The molecule has 0 aliphatic carbocycles. The van der Waals surface area contributed by atoms with Crippen molar-refractivity contribution in [2.75, 3.05) is 5.73 Å². The third kappa shape index (κ3) is 4.98. The summed E-state index contributed by atoms with van der Waals surface area (Å²) in [4.78, 5) is 11.8. The van der Waals surface area contributed by atoms with E-state index in [4.69, 9.17) is 11.5 Å². The summed E-state index contributed by atoms with van der Waals surface area (Å²) in [7, 11) is 0. The summed E-state index contributed by atoms with van der Waals surface area (Å²) in [5, 5.41) is 14.0. The number of carbonyl (C=O) groups is 1. The maximum atomic E-state index is 11.8. The van der Waals surface area contributed by atoms with Crippen LogP contribution in [0, 0.1) is 0 Å². The Labute approximate surface area is 148 Å². The van der Waals surface area contributed by atoms with Crippen molar-refractivity contribution in [3.63, 3.8) is 0 Å². The van der Waals surface area contributed by atoms with E-state index in [1.165, 1.54) is 32.1 Å². The largest absolute Gasteiger partial charge is 0.508 e. The highest BCUT2D eigenvalue weighted by atomic mass is 16.3. The van der Waals surface area contributed by atoms with Gasteiger partial charge in [-0.15, -0.1) is 0 Å². The van der Waals surface area contributed by atoms with Crippen molar-refractivity contribution in [1.29, 1.82) is 0 Å². The van der Waals surface area contributed by atoms with Gasteiger partial charge >= 0.3 is 0 Å². The molecule has 1 heterocycles. The molecule has 1 aromatic carbocycles. The van der Waals surface area contributed by atoms with Crippen LogP contribution in [0.25, 0.3) is 11.3 Å². The van der Waals surface area contributed by atoms with Gasteiger partial charge in [-0.1, -0.05) is 57.6 Å². The van der Waals surface area contributed by atoms with Gasteiger partial charge in [-0.3, -0.25) is 9.48 Å². The number of aryl methyl sites for hydroxylation is 1. The maximum absolute atomic E-state index is 11.8. The Balaban J connectivity index is 2.13. The highest BCUT2D eigenvalue weighted by Gasteiger charge is 2.21. The fourth-order valence-corrected chi connectivity index (χ4v) is 3.05. The molecule has 2 aromatic rings. The van der Waals surface area contributed by atoms with Gasteiger partial charge in [-0.25, -0.2) is 0 Å². The Kier molecular flexibility index (Phi) is 6.86. The Morgan fingerprint density at radius 1 is 1.16 bits per heavy atom. The molecular weight excluding hydrogens is 316 g/mol. The van der Waals surface area contributed by atoms with Crippen molar-refractivity contribution in [3.05, 3.63) is 29.8 Å². The standard InChI is InChI=1S/C19H28N4O2/c1-2-3-4-5-6-7-8-12-23-17(14-10-9-11-15(24)13-14)16(19(21)25)18(20)22-23/h9-11,13,24H,2-8,12H2,1H3,(H2,20,22)(H2,21,25). The van der Waals surface area contributed by atoms with Crippen LogP contribution in [-0.4, -0.2) is 20.8 Å². The van der Waals surface area contributed by atoms with Crippen LogP contribution in [0.15, 0.2) is 24.3 Å². The lowest BCUT2D eigenvalue weighted by molar-refractivity contribution is 0.100. The first-order chi connectivity index (χ1) is 12.0. The average Bonchev–Trinajstić information content (AvgIpc) is 2.90. The Bertz CT molecular complexity index is 709. The number of aromatic hydroxyl groups is 1. The highest BCUT2D eigenvalue weighted by Crippen LogP contribution is 2.30. The number of nitrogen functional groups attached to an aromatic ring is 1. The van der Waals surface area contributed by atoms with Gasteiger partial charge < -0.3 is 16.6 Å². The predicted octanol–water partition coefficient (Wildman–Crippen LogP) is 3.69. The van der Waals surface area contributed by atoms with Gasteiger partial charge in [-0.2, -0.15) is 5.10 Å². The zero-order chi connectivity index (χ0) is 18.2. The van der Waals surface area contributed by atoms with Crippen molar-refractivity contribution in [1.82, 2.24) is 9.78 Å². The summed E-state index contributed by atoms with van der Waals surface area (Å²) in [6.45, 7) is 2.87. The molecule has 0 bridgehead atoms. The van der Waals surface area contributed by atoms with Crippen molar-refractivity contribution in [2.45, 2.75) is 58.4 Å². The zero-order valence-corrected chi connectivity index (χ0v) is 14.9. The number of phenols is 1. The number of benzene rings is 1. The normalized spacial score (nSPS) is 10.9. The number of anilines is 1. The number of primary amides is 1. The number of nitrogens with two attached hydrogens (primary N) is 2. The van der Waals surface area contributed by atoms with Crippen LogP contribution in [0.5, 0.6) is 5.75 Å². The molecular formula is C19H28N4O2. The topological polar surface area (TPSA) is 107 Å². The third-order valence-corrected chi connectivity index (χ3v) is 4.32. The van der Waals surface area contributed by atoms with E-state index in [0.717, 1.165) is 12.8 Å². The van der Waals surface area contributed by atoms with Crippen LogP contribution in [0.3, 0.4) is 0 Å². The molecule has 0 aliphatic heterocycles. The predicted molar refractivity (Wildman–Crippen MR) is 100 cm³/mol. The van der Waals surface area contributed by atoms with Crippen LogP contribution < -0.4 is 11.5 Å². The van der Waals surface area contributed by atoms with E-state index in [2.05, 4.69) is 12.0 Å². The lowest BCUT2D eigenvalue weighted by Gasteiger charge is -2.09. The molecule has 0 radical (unpaired) electrons. The van der Waals surface area contributed by atoms with Crippen LogP contribution in [0.4, 0.5) is 5.82 Å². The van der Waals surface area contributed by atoms with Crippen molar-refractivity contribution >= 4 is 11.7 Å². The van der Waals surface area contributed by atoms with Gasteiger partial charge in [0.1, 0.15) is 11.3 Å². The number of nitrogens with zero attached hydrogens (tertiary/aromatic N) is 2. The van der Waals surface area contributed by atoms with E-state index in [1.54, 1.807) is 22.9 Å². The van der Waals surface area contributed by atoms with E-state index < -0.39 is 5.91 Å². The fraction of sp³-hybridized carbons (Fsp3) is 0.474. The molecule has 0 atom stereocenters. The van der Waals surface area contributed by atoms with Gasteiger partial charge in [0, 0.05) is 12.1 Å². The molecule has 6 nitrogen and oxygen atoms in total. The zero-order valence-electron chi connectivity index (χ0n) is 14.9.